The van der Waals surface area contributed by atoms with E-state index in [9.17, 15) is 9.90 Å². The molecular weight excluding hydrogens is 188 g/mol. The molecule has 4 fully saturated rings. The molecule has 0 heterocycles. The summed E-state index contributed by atoms with van der Waals surface area (Å²) in [6.07, 6.45) is 9.41. The third kappa shape index (κ3) is 1.68. The van der Waals surface area contributed by atoms with Gasteiger partial charge in [0.1, 0.15) is 0 Å². The van der Waals surface area contributed by atoms with Crippen molar-refractivity contribution in [2.24, 2.45) is 23.2 Å². The number of carbonyl (C=O) groups is 1. The number of aliphatic carboxylic acids is 1. The minimum absolute atomic E-state index is 0.284. The summed E-state index contributed by atoms with van der Waals surface area (Å²) >= 11 is 0. The van der Waals surface area contributed by atoms with E-state index in [0.717, 1.165) is 24.2 Å². The first-order valence-electron chi connectivity index (χ1n) is 6.35. The van der Waals surface area contributed by atoms with Gasteiger partial charge in [0.05, 0.1) is 0 Å². The number of hydrogen-bond donors (Lipinski definition) is 0. The number of hydrogen-bond acceptors (Lipinski definition) is 2. The predicted octanol–water partition coefficient (Wildman–Crippen LogP) is 1.73. The highest BCUT2D eigenvalue weighted by atomic mass is 16.4. The summed E-state index contributed by atoms with van der Waals surface area (Å²) in [7, 11) is 0. The first-order valence-corrected chi connectivity index (χ1v) is 6.35. The zero-order valence-corrected chi connectivity index (χ0v) is 9.21. The second kappa shape index (κ2) is 3.23. The fraction of sp³-hybridized carbons (Fsp3) is 0.923. The van der Waals surface area contributed by atoms with Crippen molar-refractivity contribution < 1.29 is 9.90 Å². The highest BCUT2D eigenvalue weighted by Crippen LogP contribution is 2.61. The Morgan fingerprint density at radius 2 is 1.53 bits per heavy atom. The van der Waals surface area contributed by atoms with Crippen molar-refractivity contribution in [1.82, 2.24) is 0 Å². The van der Waals surface area contributed by atoms with Crippen LogP contribution in [0.1, 0.15) is 51.4 Å². The molecule has 0 saturated heterocycles. The van der Waals surface area contributed by atoms with E-state index < -0.39 is 5.97 Å². The van der Waals surface area contributed by atoms with E-state index in [1.807, 2.05) is 0 Å². The van der Waals surface area contributed by atoms with Crippen molar-refractivity contribution >= 4 is 5.97 Å². The van der Waals surface area contributed by atoms with E-state index >= 15 is 0 Å². The van der Waals surface area contributed by atoms with Gasteiger partial charge in [-0.1, -0.05) is 0 Å². The molecule has 4 aliphatic carbocycles. The molecule has 84 valence electrons. The van der Waals surface area contributed by atoms with Crippen molar-refractivity contribution in [2.45, 2.75) is 51.4 Å². The molecule has 0 atom stereocenters. The van der Waals surface area contributed by atoms with E-state index in [4.69, 9.17) is 0 Å². The van der Waals surface area contributed by atoms with Gasteiger partial charge in [0, 0.05) is 5.97 Å². The summed E-state index contributed by atoms with van der Waals surface area (Å²) in [4.78, 5) is 10.6. The Kier molecular flexibility index (Phi) is 2.08. The van der Waals surface area contributed by atoms with Gasteiger partial charge >= 0.3 is 0 Å². The molecule has 0 spiro atoms. The van der Waals surface area contributed by atoms with Crippen LogP contribution in [0.25, 0.3) is 0 Å². The first kappa shape index (κ1) is 9.68. The molecule has 0 aromatic carbocycles. The second-order valence-corrected chi connectivity index (χ2v) is 6.29. The molecule has 0 amide bonds. The first-order chi connectivity index (χ1) is 7.15. The molecule has 0 N–H and O–H groups in total. The third-order valence-electron chi connectivity index (χ3n) is 5.02. The maximum absolute atomic E-state index is 10.6. The van der Waals surface area contributed by atoms with Crippen LogP contribution in [-0.2, 0) is 4.79 Å². The fourth-order valence-corrected chi connectivity index (χ4v) is 4.96. The Balaban J connectivity index is 1.72. The van der Waals surface area contributed by atoms with Crippen LogP contribution >= 0.6 is 0 Å². The van der Waals surface area contributed by atoms with E-state index in [1.54, 1.807) is 0 Å². The lowest BCUT2D eigenvalue weighted by Gasteiger charge is -2.57. The molecule has 0 radical (unpaired) electrons. The topological polar surface area (TPSA) is 40.1 Å². The Morgan fingerprint density at radius 1 is 1.07 bits per heavy atom. The normalized spacial score (nSPS) is 47.1. The van der Waals surface area contributed by atoms with Crippen molar-refractivity contribution in [1.29, 1.82) is 0 Å². The largest absolute Gasteiger partial charge is 0.550 e. The summed E-state index contributed by atoms with van der Waals surface area (Å²) in [6, 6.07) is 0. The molecule has 4 aliphatic rings. The van der Waals surface area contributed by atoms with Crippen LogP contribution in [0.4, 0.5) is 0 Å². The van der Waals surface area contributed by atoms with Crippen molar-refractivity contribution in [3.05, 3.63) is 0 Å². The molecule has 0 aromatic rings. The molecule has 2 heteroatoms. The Hall–Kier alpha value is -0.530. The Bertz CT molecular complexity index is 247. The molecule has 4 rings (SSSR count). The summed E-state index contributed by atoms with van der Waals surface area (Å²) in [5.41, 5.74) is 0.412. The maximum Gasteiger partial charge on any atom is 0.0414 e. The molecule has 4 bridgehead atoms. The van der Waals surface area contributed by atoms with Gasteiger partial charge in [-0.2, -0.15) is 0 Å². The van der Waals surface area contributed by atoms with Gasteiger partial charge in [0.2, 0.25) is 0 Å². The van der Waals surface area contributed by atoms with Gasteiger partial charge < -0.3 is 9.90 Å². The van der Waals surface area contributed by atoms with Crippen LogP contribution in [0.15, 0.2) is 0 Å². The standard InChI is InChI=1S/C13H20O2/c14-12(15)1-2-13-6-9-3-10(7-13)5-11(4-9)8-13/h9-11H,1-8H2,(H,14,15)/p-1. The molecule has 0 unspecified atom stereocenters. The molecule has 4 saturated carbocycles. The van der Waals surface area contributed by atoms with Gasteiger partial charge in [-0.15, -0.1) is 0 Å². The van der Waals surface area contributed by atoms with Crippen molar-refractivity contribution in [3.63, 3.8) is 0 Å². The highest BCUT2D eigenvalue weighted by Gasteiger charge is 2.50. The minimum Gasteiger partial charge on any atom is -0.550 e. The maximum atomic E-state index is 10.6. The molecule has 15 heavy (non-hydrogen) atoms. The van der Waals surface area contributed by atoms with Gasteiger partial charge in [-0.3, -0.25) is 0 Å². The van der Waals surface area contributed by atoms with Crippen LogP contribution in [0, 0.1) is 23.2 Å². The van der Waals surface area contributed by atoms with Gasteiger partial charge in [0.25, 0.3) is 0 Å². The lowest BCUT2D eigenvalue weighted by molar-refractivity contribution is -0.306. The number of carboxylic acids is 1. The zero-order chi connectivity index (χ0) is 10.5. The molecule has 0 aromatic heterocycles. The quantitative estimate of drug-likeness (QED) is 0.707. The molecule has 0 aliphatic heterocycles. The fourth-order valence-electron chi connectivity index (χ4n) is 4.96. The predicted molar refractivity (Wildman–Crippen MR) is 54.8 cm³/mol. The monoisotopic (exact) mass is 207 g/mol. The second-order valence-electron chi connectivity index (χ2n) is 6.29. The average molecular weight is 207 g/mol. The van der Waals surface area contributed by atoms with E-state index in [2.05, 4.69) is 0 Å². The Morgan fingerprint density at radius 3 is 1.93 bits per heavy atom. The van der Waals surface area contributed by atoms with Gasteiger partial charge in [-0.05, 0) is 74.5 Å². The summed E-state index contributed by atoms with van der Waals surface area (Å²) in [5, 5.41) is 10.6. The van der Waals surface area contributed by atoms with E-state index in [-0.39, 0.29) is 6.42 Å². The van der Waals surface area contributed by atoms with E-state index in [0.29, 0.717) is 5.41 Å². The van der Waals surface area contributed by atoms with Crippen LogP contribution in [0.5, 0.6) is 0 Å². The average Bonchev–Trinajstić information content (AvgIpc) is 2.12. The minimum atomic E-state index is -0.856. The lowest BCUT2D eigenvalue weighted by atomic mass is 9.48. The highest BCUT2D eigenvalue weighted by molar-refractivity contribution is 5.64. The lowest BCUT2D eigenvalue weighted by Crippen LogP contribution is -2.46. The van der Waals surface area contributed by atoms with Crippen LogP contribution in [-0.4, -0.2) is 5.97 Å². The Labute approximate surface area is 91.1 Å². The van der Waals surface area contributed by atoms with Crippen molar-refractivity contribution in [2.75, 3.05) is 0 Å². The number of carbonyl (C=O) groups excluding carboxylic acids is 1. The summed E-state index contributed by atoms with van der Waals surface area (Å²) in [6.45, 7) is 0. The number of carboxylic acid groups (broad SMARTS) is 1. The summed E-state index contributed by atoms with van der Waals surface area (Å²) < 4.78 is 0. The SMILES string of the molecule is O=C([O-])CCC12CC3CC(CC(C3)C1)C2. The van der Waals surface area contributed by atoms with Crippen LogP contribution in [0.2, 0.25) is 0 Å². The zero-order valence-electron chi connectivity index (χ0n) is 9.21. The van der Waals surface area contributed by atoms with Crippen LogP contribution in [0.3, 0.4) is 0 Å². The third-order valence-corrected chi connectivity index (χ3v) is 5.02. The van der Waals surface area contributed by atoms with Gasteiger partial charge in [-0.25, -0.2) is 0 Å². The molecular formula is C13H19O2-. The summed E-state index contributed by atoms with van der Waals surface area (Å²) in [5.74, 6) is 1.93. The van der Waals surface area contributed by atoms with E-state index in [1.165, 1.54) is 38.5 Å². The van der Waals surface area contributed by atoms with Crippen molar-refractivity contribution in [3.8, 4) is 0 Å². The smallest absolute Gasteiger partial charge is 0.0414 e. The molecule has 2 nitrogen and oxygen atoms in total. The van der Waals surface area contributed by atoms with Gasteiger partial charge in [0.15, 0.2) is 0 Å². The number of rotatable bonds is 3. The van der Waals surface area contributed by atoms with Crippen LogP contribution < -0.4 is 5.11 Å².